The van der Waals surface area contributed by atoms with Gasteiger partial charge in [-0.15, -0.1) is 0 Å². The number of rotatable bonds is 6. The maximum Gasteiger partial charge on any atom is 0.222 e. The monoisotopic (exact) mass is 347 g/mol. The molecule has 138 valence electrons. The summed E-state index contributed by atoms with van der Waals surface area (Å²) in [4.78, 5) is 12.2. The van der Waals surface area contributed by atoms with Crippen molar-refractivity contribution in [1.82, 2.24) is 5.32 Å². The van der Waals surface area contributed by atoms with E-state index in [0.29, 0.717) is 18.9 Å². The van der Waals surface area contributed by atoms with E-state index in [0.717, 1.165) is 30.6 Å². The molecule has 25 heavy (non-hydrogen) atoms. The minimum absolute atomic E-state index is 0.0259. The molecule has 0 radical (unpaired) electrons. The Kier molecular flexibility index (Phi) is 6.32. The van der Waals surface area contributed by atoms with Crippen molar-refractivity contribution in [3.8, 4) is 5.75 Å². The first-order chi connectivity index (χ1) is 12.2. The first-order valence-electron chi connectivity index (χ1n) is 9.29. The molecule has 0 unspecified atom stereocenters. The molecule has 1 aliphatic heterocycles. The van der Waals surface area contributed by atoms with Crippen LogP contribution in [0.3, 0.4) is 0 Å². The van der Waals surface area contributed by atoms with Gasteiger partial charge in [0.2, 0.25) is 5.91 Å². The van der Waals surface area contributed by atoms with Gasteiger partial charge in [-0.05, 0) is 37.0 Å². The van der Waals surface area contributed by atoms with Crippen molar-refractivity contribution in [2.75, 3.05) is 20.8 Å². The number of nitrogens with one attached hydrogen (secondary N) is 1. The fraction of sp³-hybridized carbons (Fsp3) is 0.650. The highest BCUT2D eigenvalue weighted by Gasteiger charge is 2.40. The van der Waals surface area contributed by atoms with Gasteiger partial charge in [-0.25, -0.2) is 0 Å². The first kappa shape index (κ1) is 18.2. The van der Waals surface area contributed by atoms with Gasteiger partial charge in [0.05, 0.1) is 25.9 Å². The lowest BCUT2D eigenvalue weighted by atomic mass is 9.76. The predicted octanol–water partition coefficient (Wildman–Crippen LogP) is 3.24. The molecule has 0 aromatic heterocycles. The van der Waals surface area contributed by atoms with Gasteiger partial charge >= 0.3 is 0 Å². The molecule has 5 heteroatoms. The number of carbonyl (C=O) groups excluding carboxylic acids is 1. The lowest BCUT2D eigenvalue weighted by Crippen LogP contribution is -2.51. The Balaban J connectivity index is 1.71. The van der Waals surface area contributed by atoms with Gasteiger partial charge < -0.3 is 19.5 Å². The van der Waals surface area contributed by atoms with Crippen LogP contribution in [0.2, 0.25) is 0 Å². The predicted molar refractivity (Wildman–Crippen MR) is 95.6 cm³/mol. The molecule has 4 atom stereocenters. The van der Waals surface area contributed by atoms with Gasteiger partial charge in [0.15, 0.2) is 0 Å². The van der Waals surface area contributed by atoms with E-state index in [1.165, 1.54) is 12.8 Å². The van der Waals surface area contributed by atoms with Crippen molar-refractivity contribution < 1.29 is 19.0 Å². The van der Waals surface area contributed by atoms with Crippen LogP contribution in [-0.2, 0) is 14.3 Å². The molecule has 1 N–H and O–H groups in total. The van der Waals surface area contributed by atoms with Crippen molar-refractivity contribution in [1.29, 1.82) is 0 Å². The molecule has 2 aliphatic rings. The Morgan fingerprint density at radius 3 is 2.68 bits per heavy atom. The Morgan fingerprint density at radius 1 is 1.20 bits per heavy atom. The fourth-order valence-corrected chi connectivity index (χ4v) is 4.10. The van der Waals surface area contributed by atoms with Crippen LogP contribution in [0.15, 0.2) is 24.3 Å². The molecule has 1 amide bonds. The summed E-state index contributed by atoms with van der Waals surface area (Å²) in [6.07, 6.45) is 6.16. The van der Waals surface area contributed by atoms with E-state index in [2.05, 4.69) is 17.4 Å². The smallest absolute Gasteiger partial charge is 0.222 e. The van der Waals surface area contributed by atoms with Gasteiger partial charge in [0.25, 0.3) is 0 Å². The van der Waals surface area contributed by atoms with Crippen molar-refractivity contribution in [3.63, 3.8) is 0 Å². The Bertz CT molecular complexity index is 559. The van der Waals surface area contributed by atoms with Gasteiger partial charge in [-0.2, -0.15) is 0 Å². The minimum Gasteiger partial charge on any atom is -0.497 e. The molecule has 1 saturated carbocycles. The van der Waals surface area contributed by atoms with Crippen molar-refractivity contribution in [3.05, 3.63) is 29.8 Å². The number of hydrogen-bond acceptors (Lipinski definition) is 4. The average molecular weight is 347 g/mol. The number of carbonyl (C=O) groups is 1. The molecule has 1 heterocycles. The molecule has 1 aromatic carbocycles. The third-order valence-corrected chi connectivity index (χ3v) is 5.44. The number of amides is 1. The Hall–Kier alpha value is -1.59. The fourth-order valence-electron chi connectivity index (χ4n) is 4.10. The summed E-state index contributed by atoms with van der Waals surface area (Å²) in [6, 6.07) is 8.25. The molecule has 0 spiro atoms. The van der Waals surface area contributed by atoms with E-state index >= 15 is 0 Å². The number of ether oxygens (including phenoxy) is 3. The molecule has 3 rings (SSSR count). The SMILES string of the molecule is COCCC(=O)N[C@@H]1C[C@H](c2ccc(OC)cc2)O[C@@H]2CCCC[C@@H]12. The zero-order valence-corrected chi connectivity index (χ0v) is 15.2. The molecule has 1 aromatic rings. The second-order valence-corrected chi connectivity index (χ2v) is 7.04. The van der Waals surface area contributed by atoms with E-state index in [-0.39, 0.29) is 24.2 Å². The van der Waals surface area contributed by atoms with Crippen LogP contribution in [0.4, 0.5) is 0 Å². The highest BCUT2D eigenvalue weighted by Crippen LogP contribution is 2.41. The number of methoxy groups -OCH3 is 2. The summed E-state index contributed by atoms with van der Waals surface area (Å²) in [7, 11) is 3.29. The van der Waals surface area contributed by atoms with E-state index in [1.54, 1.807) is 14.2 Å². The molecular weight excluding hydrogens is 318 g/mol. The molecule has 5 nitrogen and oxygen atoms in total. The third kappa shape index (κ3) is 4.53. The zero-order chi connectivity index (χ0) is 17.6. The lowest BCUT2D eigenvalue weighted by molar-refractivity contribution is -0.133. The first-order valence-corrected chi connectivity index (χ1v) is 9.29. The maximum atomic E-state index is 12.2. The largest absolute Gasteiger partial charge is 0.497 e. The Morgan fingerprint density at radius 2 is 1.96 bits per heavy atom. The molecule has 1 saturated heterocycles. The summed E-state index contributed by atoms with van der Waals surface area (Å²) in [5.74, 6) is 1.35. The van der Waals surface area contributed by atoms with E-state index in [9.17, 15) is 4.79 Å². The van der Waals surface area contributed by atoms with Crippen LogP contribution >= 0.6 is 0 Å². The lowest BCUT2D eigenvalue weighted by Gasteiger charge is -2.45. The van der Waals surface area contributed by atoms with Gasteiger partial charge in [-0.3, -0.25) is 4.79 Å². The van der Waals surface area contributed by atoms with E-state index < -0.39 is 0 Å². The number of hydrogen-bond donors (Lipinski definition) is 1. The molecular formula is C20H29NO4. The van der Waals surface area contributed by atoms with Crippen LogP contribution in [0.5, 0.6) is 5.75 Å². The average Bonchev–Trinajstić information content (AvgIpc) is 2.66. The topological polar surface area (TPSA) is 56.8 Å². The van der Waals surface area contributed by atoms with Crippen molar-refractivity contribution >= 4 is 5.91 Å². The highest BCUT2D eigenvalue weighted by atomic mass is 16.5. The van der Waals surface area contributed by atoms with Crippen LogP contribution in [0.1, 0.15) is 50.2 Å². The normalized spacial score (nSPS) is 28.9. The highest BCUT2D eigenvalue weighted by molar-refractivity contribution is 5.76. The standard InChI is InChI=1S/C20H29NO4/c1-23-12-11-20(22)21-17-13-19(14-7-9-15(24-2)10-8-14)25-18-6-4-3-5-16(17)18/h7-10,16-19H,3-6,11-13H2,1-2H3,(H,21,22)/t16-,17+,18+,19+/m0/s1. The third-order valence-electron chi connectivity index (χ3n) is 5.44. The van der Waals surface area contributed by atoms with Gasteiger partial charge in [0.1, 0.15) is 5.75 Å². The van der Waals surface area contributed by atoms with E-state index in [4.69, 9.17) is 14.2 Å². The number of benzene rings is 1. The van der Waals surface area contributed by atoms with E-state index in [1.807, 2.05) is 12.1 Å². The zero-order valence-electron chi connectivity index (χ0n) is 15.2. The van der Waals surface area contributed by atoms with Crippen LogP contribution in [-0.4, -0.2) is 38.9 Å². The summed E-state index contributed by atoms with van der Waals surface area (Å²) < 4.78 is 16.7. The van der Waals surface area contributed by atoms with Crippen LogP contribution in [0.25, 0.3) is 0 Å². The number of fused-ring (bicyclic) bond motifs is 1. The maximum absolute atomic E-state index is 12.2. The second-order valence-electron chi connectivity index (χ2n) is 7.04. The Labute approximate surface area is 150 Å². The minimum atomic E-state index is 0.0259. The van der Waals surface area contributed by atoms with Gasteiger partial charge in [-0.1, -0.05) is 25.0 Å². The summed E-state index contributed by atoms with van der Waals surface area (Å²) >= 11 is 0. The summed E-state index contributed by atoms with van der Waals surface area (Å²) in [5, 5.41) is 3.25. The summed E-state index contributed by atoms with van der Waals surface area (Å²) in [5.41, 5.74) is 1.15. The second kappa shape index (κ2) is 8.68. The van der Waals surface area contributed by atoms with Gasteiger partial charge in [0, 0.05) is 25.5 Å². The quantitative estimate of drug-likeness (QED) is 0.858. The van der Waals surface area contributed by atoms with Crippen molar-refractivity contribution in [2.45, 2.75) is 56.8 Å². The molecule has 0 bridgehead atoms. The van der Waals surface area contributed by atoms with Crippen LogP contribution in [0, 0.1) is 5.92 Å². The summed E-state index contributed by atoms with van der Waals surface area (Å²) in [6.45, 7) is 0.463. The van der Waals surface area contributed by atoms with Crippen LogP contribution < -0.4 is 10.1 Å². The molecule has 1 aliphatic carbocycles. The molecule has 2 fully saturated rings. The van der Waals surface area contributed by atoms with Crippen molar-refractivity contribution in [2.24, 2.45) is 5.92 Å².